The fourth-order valence-corrected chi connectivity index (χ4v) is 1.66. The summed E-state index contributed by atoms with van der Waals surface area (Å²) in [6, 6.07) is 0.629. The van der Waals surface area contributed by atoms with E-state index in [1.54, 1.807) is 0 Å². The van der Waals surface area contributed by atoms with Crippen molar-refractivity contribution in [2.45, 2.75) is 46.2 Å². The Kier molecular flexibility index (Phi) is 4.66. The van der Waals surface area contributed by atoms with Crippen molar-refractivity contribution in [2.75, 3.05) is 6.54 Å². The fraction of sp³-hybridized carbons (Fsp3) is 0.727. The maximum absolute atomic E-state index is 4.20. The molecule has 0 saturated carbocycles. The van der Waals surface area contributed by atoms with Gasteiger partial charge in [-0.2, -0.15) is 0 Å². The Hall–Kier alpha value is -0.830. The summed E-state index contributed by atoms with van der Waals surface area (Å²) in [6.07, 6.45) is 6.35. The van der Waals surface area contributed by atoms with Crippen molar-refractivity contribution < 1.29 is 0 Å². The third-order valence-electron chi connectivity index (χ3n) is 2.51. The van der Waals surface area contributed by atoms with E-state index in [4.69, 9.17) is 0 Å². The Labute approximate surface area is 86.5 Å². The van der Waals surface area contributed by atoms with Crippen LogP contribution in [0.4, 0.5) is 0 Å². The van der Waals surface area contributed by atoms with Crippen LogP contribution >= 0.6 is 0 Å². The molecule has 1 N–H and O–H groups in total. The Morgan fingerprint density at radius 1 is 1.57 bits per heavy atom. The molecule has 0 aliphatic carbocycles. The highest BCUT2D eigenvalue weighted by molar-refractivity contribution is 4.88. The SMILES string of the molecule is CCNC(C)CCCn1ccnc1C. The van der Waals surface area contributed by atoms with Gasteiger partial charge in [0.2, 0.25) is 0 Å². The molecule has 3 nitrogen and oxygen atoms in total. The van der Waals surface area contributed by atoms with Gasteiger partial charge in [-0.3, -0.25) is 0 Å². The fourth-order valence-electron chi connectivity index (χ4n) is 1.66. The monoisotopic (exact) mass is 195 g/mol. The molecule has 0 spiro atoms. The van der Waals surface area contributed by atoms with Gasteiger partial charge in [0, 0.05) is 25.0 Å². The lowest BCUT2D eigenvalue weighted by atomic mass is 10.2. The molecule has 0 fully saturated rings. The number of imidazole rings is 1. The molecule has 1 rings (SSSR count). The van der Waals surface area contributed by atoms with E-state index in [1.807, 2.05) is 19.3 Å². The number of aryl methyl sites for hydroxylation is 2. The molecule has 14 heavy (non-hydrogen) atoms. The van der Waals surface area contributed by atoms with Gasteiger partial charge in [0.25, 0.3) is 0 Å². The minimum atomic E-state index is 0.629. The van der Waals surface area contributed by atoms with Crippen molar-refractivity contribution in [2.24, 2.45) is 0 Å². The van der Waals surface area contributed by atoms with E-state index in [0.29, 0.717) is 6.04 Å². The predicted octanol–water partition coefficient (Wildman–Crippen LogP) is 1.97. The molecule has 0 bridgehead atoms. The first kappa shape index (κ1) is 11.2. The second kappa shape index (κ2) is 5.81. The molecular formula is C11H21N3. The summed E-state index contributed by atoms with van der Waals surface area (Å²) < 4.78 is 2.21. The lowest BCUT2D eigenvalue weighted by Crippen LogP contribution is -2.25. The largest absolute Gasteiger partial charge is 0.335 e. The zero-order valence-electron chi connectivity index (χ0n) is 9.45. The van der Waals surface area contributed by atoms with Gasteiger partial charge in [0.15, 0.2) is 0 Å². The maximum Gasteiger partial charge on any atom is 0.105 e. The predicted molar refractivity (Wildman–Crippen MR) is 59.3 cm³/mol. The summed E-state index contributed by atoms with van der Waals surface area (Å²) in [5.74, 6) is 1.11. The highest BCUT2D eigenvalue weighted by Crippen LogP contribution is 2.02. The third kappa shape index (κ3) is 3.50. The van der Waals surface area contributed by atoms with Crippen LogP contribution in [0.15, 0.2) is 12.4 Å². The van der Waals surface area contributed by atoms with Crippen LogP contribution in [0.2, 0.25) is 0 Å². The van der Waals surface area contributed by atoms with Gasteiger partial charge in [0.1, 0.15) is 5.82 Å². The second-order valence-corrected chi connectivity index (χ2v) is 3.77. The van der Waals surface area contributed by atoms with Gasteiger partial charge >= 0.3 is 0 Å². The molecule has 1 atom stereocenters. The van der Waals surface area contributed by atoms with Crippen LogP contribution < -0.4 is 5.32 Å². The molecule has 0 aromatic carbocycles. The first-order valence-corrected chi connectivity index (χ1v) is 5.45. The summed E-state index contributed by atoms with van der Waals surface area (Å²) in [7, 11) is 0. The molecule has 1 aromatic rings. The molecule has 0 amide bonds. The van der Waals surface area contributed by atoms with Crippen molar-refractivity contribution in [1.82, 2.24) is 14.9 Å². The number of rotatable bonds is 6. The third-order valence-corrected chi connectivity index (χ3v) is 2.51. The minimum absolute atomic E-state index is 0.629. The van der Waals surface area contributed by atoms with Crippen LogP contribution in [0.1, 0.15) is 32.5 Å². The van der Waals surface area contributed by atoms with Crippen LogP contribution in [0.3, 0.4) is 0 Å². The lowest BCUT2D eigenvalue weighted by Gasteiger charge is -2.12. The number of nitrogens with one attached hydrogen (secondary N) is 1. The Bertz CT molecular complexity index is 255. The summed E-state index contributed by atoms with van der Waals surface area (Å²) in [4.78, 5) is 4.20. The molecular weight excluding hydrogens is 174 g/mol. The Morgan fingerprint density at radius 2 is 2.36 bits per heavy atom. The average molecular weight is 195 g/mol. The topological polar surface area (TPSA) is 29.9 Å². The Morgan fingerprint density at radius 3 is 2.93 bits per heavy atom. The second-order valence-electron chi connectivity index (χ2n) is 3.77. The van der Waals surface area contributed by atoms with E-state index in [-0.39, 0.29) is 0 Å². The van der Waals surface area contributed by atoms with Gasteiger partial charge in [-0.25, -0.2) is 4.98 Å². The van der Waals surface area contributed by atoms with Crippen LogP contribution in [-0.4, -0.2) is 22.1 Å². The molecule has 80 valence electrons. The first-order valence-electron chi connectivity index (χ1n) is 5.45. The van der Waals surface area contributed by atoms with Crippen LogP contribution in [0, 0.1) is 6.92 Å². The smallest absolute Gasteiger partial charge is 0.105 e. The molecule has 1 aromatic heterocycles. The summed E-state index contributed by atoms with van der Waals surface area (Å²) >= 11 is 0. The number of hydrogen-bond acceptors (Lipinski definition) is 2. The summed E-state index contributed by atoms with van der Waals surface area (Å²) in [5, 5.41) is 3.42. The molecule has 0 radical (unpaired) electrons. The van der Waals surface area contributed by atoms with Crippen molar-refractivity contribution >= 4 is 0 Å². The van der Waals surface area contributed by atoms with Gasteiger partial charge in [-0.15, -0.1) is 0 Å². The standard InChI is InChI=1S/C11H21N3/c1-4-12-10(2)6-5-8-14-9-7-13-11(14)3/h7,9-10,12H,4-6,8H2,1-3H3. The van der Waals surface area contributed by atoms with Crippen LogP contribution in [0.25, 0.3) is 0 Å². The van der Waals surface area contributed by atoms with Crippen LogP contribution in [-0.2, 0) is 6.54 Å². The molecule has 0 saturated heterocycles. The van der Waals surface area contributed by atoms with E-state index >= 15 is 0 Å². The van der Waals surface area contributed by atoms with Gasteiger partial charge < -0.3 is 9.88 Å². The van der Waals surface area contributed by atoms with E-state index < -0.39 is 0 Å². The average Bonchev–Trinajstić information content (AvgIpc) is 2.52. The van der Waals surface area contributed by atoms with Gasteiger partial charge in [0.05, 0.1) is 0 Å². The quantitative estimate of drug-likeness (QED) is 0.752. The van der Waals surface area contributed by atoms with E-state index in [2.05, 4.69) is 28.7 Å². The van der Waals surface area contributed by atoms with Gasteiger partial charge in [-0.05, 0) is 33.2 Å². The van der Waals surface area contributed by atoms with E-state index in [0.717, 1.165) is 18.9 Å². The normalized spacial score (nSPS) is 13.1. The number of nitrogens with zero attached hydrogens (tertiary/aromatic N) is 2. The Balaban J connectivity index is 2.19. The van der Waals surface area contributed by atoms with Crippen molar-refractivity contribution in [3.63, 3.8) is 0 Å². The van der Waals surface area contributed by atoms with Crippen LogP contribution in [0.5, 0.6) is 0 Å². The number of aromatic nitrogens is 2. The number of hydrogen-bond donors (Lipinski definition) is 1. The maximum atomic E-state index is 4.20. The highest BCUT2D eigenvalue weighted by Gasteiger charge is 2.00. The minimum Gasteiger partial charge on any atom is -0.335 e. The van der Waals surface area contributed by atoms with E-state index in [1.165, 1.54) is 12.8 Å². The molecule has 0 aliphatic heterocycles. The lowest BCUT2D eigenvalue weighted by molar-refractivity contribution is 0.483. The summed E-state index contributed by atoms with van der Waals surface area (Å²) in [6.45, 7) is 8.58. The zero-order chi connectivity index (χ0) is 10.4. The van der Waals surface area contributed by atoms with Crippen molar-refractivity contribution in [3.05, 3.63) is 18.2 Å². The van der Waals surface area contributed by atoms with Crippen molar-refractivity contribution in [3.8, 4) is 0 Å². The highest BCUT2D eigenvalue weighted by atomic mass is 15.0. The molecule has 1 heterocycles. The van der Waals surface area contributed by atoms with E-state index in [9.17, 15) is 0 Å². The zero-order valence-corrected chi connectivity index (χ0v) is 9.45. The molecule has 0 aliphatic rings. The van der Waals surface area contributed by atoms with Crippen molar-refractivity contribution in [1.29, 1.82) is 0 Å². The molecule has 3 heteroatoms. The van der Waals surface area contributed by atoms with Gasteiger partial charge in [-0.1, -0.05) is 6.92 Å². The molecule has 1 unspecified atom stereocenters. The first-order chi connectivity index (χ1) is 6.74. The summed E-state index contributed by atoms with van der Waals surface area (Å²) in [5.41, 5.74) is 0.